The second kappa shape index (κ2) is 7.78. The van der Waals surface area contributed by atoms with Gasteiger partial charge in [-0.2, -0.15) is 0 Å². The van der Waals surface area contributed by atoms with Gasteiger partial charge in [-0.3, -0.25) is 4.57 Å². The lowest BCUT2D eigenvalue weighted by Crippen LogP contribution is -1.99. The highest BCUT2D eigenvalue weighted by Gasteiger charge is 2.20. The van der Waals surface area contributed by atoms with E-state index in [0.29, 0.717) is 0 Å². The van der Waals surface area contributed by atoms with E-state index in [2.05, 4.69) is 132 Å². The molecule has 0 N–H and O–H groups in total. The fourth-order valence-electron chi connectivity index (χ4n) is 6.00. The molecule has 0 unspecified atom stereocenters. The maximum atomic E-state index is 5.20. The number of para-hydroxylation sites is 1. The first kappa shape index (κ1) is 20.3. The Hall–Kier alpha value is -4.95. The van der Waals surface area contributed by atoms with Crippen LogP contribution in [0, 0.1) is 0 Å². The van der Waals surface area contributed by atoms with Crippen molar-refractivity contribution in [2.75, 3.05) is 0 Å². The zero-order valence-corrected chi connectivity index (χ0v) is 20.1. The van der Waals surface area contributed by atoms with E-state index in [4.69, 9.17) is 4.98 Å². The Bertz CT molecular complexity index is 2140. The smallest absolute Gasteiger partial charge is 0.138 e. The van der Waals surface area contributed by atoms with Crippen molar-refractivity contribution >= 4 is 54.1 Å². The summed E-state index contributed by atoms with van der Waals surface area (Å²) >= 11 is 0. The number of nitrogens with zero attached hydrogens (tertiary/aromatic N) is 2. The number of hydrogen-bond donors (Lipinski definition) is 0. The van der Waals surface area contributed by atoms with Crippen molar-refractivity contribution in [3.05, 3.63) is 133 Å². The molecule has 2 nitrogen and oxygen atoms in total. The van der Waals surface area contributed by atoms with Crippen molar-refractivity contribution in [3.8, 4) is 17.1 Å². The summed E-state index contributed by atoms with van der Waals surface area (Å²) in [6.45, 7) is 0. The third-order valence-corrected chi connectivity index (χ3v) is 7.56. The normalized spacial score (nSPS) is 11.8. The molecule has 6 aromatic carbocycles. The molecule has 172 valence electrons. The topological polar surface area (TPSA) is 17.8 Å². The first-order valence-corrected chi connectivity index (χ1v) is 12.7. The van der Waals surface area contributed by atoms with Gasteiger partial charge in [0, 0.05) is 21.7 Å². The van der Waals surface area contributed by atoms with Gasteiger partial charge in [-0.05, 0) is 45.1 Å². The SMILES string of the molecule is c1ccc(-c2cccc(-n3c4ccccc4c4c5ccccc5c5c6ccccc6ccc5c43)n2)cc1. The van der Waals surface area contributed by atoms with Crippen LogP contribution in [0.15, 0.2) is 133 Å². The Kier molecular flexibility index (Phi) is 4.26. The van der Waals surface area contributed by atoms with Crippen LogP contribution in [0.2, 0.25) is 0 Å². The fourth-order valence-corrected chi connectivity index (χ4v) is 6.00. The Balaban J connectivity index is 1.61. The Labute approximate surface area is 214 Å². The maximum Gasteiger partial charge on any atom is 0.138 e. The lowest BCUT2D eigenvalue weighted by atomic mass is 9.93. The highest BCUT2D eigenvalue weighted by atomic mass is 15.1. The monoisotopic (exact) mass is 470 g/mol. The van der Waals surface area contributed by atoms with E-state index < -0.39 is 0 Å². The number of pyridine rings is 1. The zero-order valence-electron chi connectivity index (χ0n) is 20.1. The molecule has 0 saturated carbocycles. The number of rotatable bonds is 2. The summed E-state index contributed by atoms with van der Waals surface area (Å²) in [7, 11) is 0. The van der Waals surface area contributed by atoms with E-state index >= 15 is 0 Å². The molecule has 2 heteroatoms. The van der Waals surface area contributed by atoms with Crippen LogP contribution < -0.4 is 0 Å². The van der Waals surface area contributed by atoms with Gasteiger partial charge >= 0.3 is 0 Å². The van der Waals surface area contributed by atoms with Gasteiger partial charge in [-0.25, -0.2) is 4.98 Å². The summed E-state index contributed by atoms with van der Waals surface area (Å²) in [6, 6.07) is 47.6. The lowest BCUT2D eigenvalue weighted by molar-refractivity contribution is 1.09. The molecular weight excluding hydrogens is 448 g/mol. The Morgan fingerprint density at radius 1 is 0.432 bits per heavy atom. The number of hydrogen-bond acceptors (Lipinski definition) is 1. The summed E-state index contributed by atoms with van der Waals surface area (Å²) in [5, 5.41) is 10.2. The molecule has 0 aliphatic rings. The number of benzene rings is 6. The van der Waals surface area contributed by atoms with Crippen LogP contribution in [-0.4, -0.2) is 9.55 Å². The quantitative estimate of drug-likeness (QED) is 0.230. The van der Waals surface area contributed by atoms with Crippen LogP contribution in [0.3, 0.4) is 0 Å². The maximum absolute atomic E-state index is 5.20. The first-order chi connectivity index (χ1) is 18.4. The standard InChI is InChI=1S/C35H22N2/c1-2-12-24(13-3-1)30-18-10-20-32(36-30)37-31-19-9-8-17-28(31)34-27-16-7-6-15-26(27)33-25-14-5-4-11-23(25)21-22-29(33)35(34)37/h1-22H. The highest BCUT2D eigenvalue weighted by molar-refractivity contribution is 6.35. The van der Waals surface area contributed by atoms with Gasteiger partial charge in [0.1, 0.15) is 5.82 Å². The van der Waals surface area contributed by atoms with Gasteiger partial charge in [0.05, 0.1) is 16.7 Å². The summed E-state index contributed by atoms with van der Waals surface area (Å²) in [6.07, 6.45) is 0. The van der Waals surface area contributed by atoms with Gasteiger partial charge in [0.15, 0.2) is 0 Å². The molecule has 0 bridgehead atoms. The number of aromatic nitrogens is 2. The van der Waals surface area contributed by atoms with Crippen molar-refractivity contribution < 1.29 is 0 Å². The van der Waals surface area contributed by atoms with Gasteiger partial charge < -0.3 is 0 Å². The third kappa shape index (κ3) is 2.90. The Morgan fingerprint density at radius 3 is 1.95 bits per heavy atom. The largest absolute Gasteiger partial charge is 0.293 e. The molecule has 8 aromatic rings. The van der Waals surface area contributed by atoms with Gasteiger partial charge in [0.2, 0.25) is 0 Å². The summed E-state index contributed by atoms with van der Waals surface area (Å²) < 4.78 is 2.36. The average molecular weight is 471 g/mol. The molecule has 8 rings (SSSR count). The van der Waals surface area contributed by atoms with Crippen molar-refractivity contribution in [1.82, 2.24) is 9.55 Å². The van der Waals surface area contributed by atoms with E-state index in [1.165, 1.54) is 54.1 Å². The average Bonchev–Trinajstić information content (AvgIpc) is 3.33. The van der Waals surface area contributed by atoms with Crippen LogP contribution in [0.1, 0.15) is 0 Å². The molecule has 2 aromatic heterocycles. The molecular formula is C35H22N2. The second-order valence-corrected chi connectivity index (χ2v) is 9.58. The summed E-state index contributed by atoms with van der Waals surface area (Å²) in [5.74, 6) is 0.928. The van der Waals surface area contributed by atoms with Crippen molar-refractivity contribution in [2.45, 2.75) is 0 Å². The van der Waals surface area contributed by atoms with Crippen molar-refractivity contribution in [1.29, 1.82) is 0 Å². The summed E-state index contributed by atoms with van der Waals surface area (Å²) in [4.78, 5) is 5.20. The fraction of sp³-hybridized carbons (Fsp3) is 0. The molecule has 0 saturated heterocycles. The highest BCUT2D eigenvalue weighted by Crippen LogP contribution is 2.44. The molecule has 0 atom stereocenters. The minimum Gasteiger partial charge on any atom is -0.293 e. The molecule has 0 amide bonds. The van der Waals surface area contributed by atoms with Gasteiger partial charge in [0.25, 0.3) is 0 Å². The van der Waals surface area contributed by atoms with Gasteiger partial charge in [-0.1, -0.05) is 115 Å². The zero-order chi connectivity index (χ0) is 24.3. The van der Waals surface area contributed by atoms with Crippen LogP contribution in [0.25, 0.3) is 71.2 Å². The van der Waals surface area contributed by atoms with Crippen LogP contribution >= 0.6 is 0 Å². The minimum absolute atomic E-state index is 0.928. The molecule has 37 heavy (non-hydrogen) atoms. The molecule has 0 fully saturated rings. The molecule has 2 heterocycles. The van der Waals surface area contributed by atoms with E-state index in [1.807, 2.05) is 6.07 Å². The first-order valence-electron chi connectivity index (χ1n) is 12.7. The van der Waals surface area contributed by atoms with Crippen LogP contribution in [0.4, 0.5) is 0 Å². The molecule has 0 spiro atoms. The predicted molar refractivity (Wildman–Crippen MR) is 157 cm³/mol. The molecule has 0 aliphatic carbocycles. The number of fused-ring (bicyclic) bond motifs is 10. The van der Waals surface area contributed by atoms with E-state index in [0.717, 1.165) is 17.1 Å². The summed E-state index contributed by atoms with van der Waals surface area (Å²) in [5.41, 5.74) is 4.46. The lowest BCUT2D eigenvalue weighted by Gasteiger charge is -2.14. The molecule has 0 radical (unpaired) electrons. The predicted octanol–water partition coefficient (Wildman–Crippen LogP) is 9.31. The van der Waals surface area contributed by atoms with Crippen LogP contribution in [-0.2, 0) is 0 Å². The van der Waals surface area contributed by atoms with E-state index in [-0.39, 0.29) is 0 Å². The molecule has 0 aliphatic heterocycles. The Morgan fingerprint density at radius 2 is 1.11 bits per heavy atom. The van der Waals surface area contributed by atoms with Crippen LogP contribution in [0.5, 0.6) is 0 Å². The van der Waals surface area contributed by atoms with Gasteiger partial charge in [-0.15, -0.1) is 0 Å². The van der Waals surface area contributed by atoms with E-state index in [1.54, 1.807) is 0 Å². The minimum atomic E-state index is 0.928. The second-order valence-electron chi connectivity index (χ2n) is 9.58. The van der Waals surface area contributed by atoms with Crippen molar-refractivity contribution in [3.63, 3.8) is 0 Å². The van der Waals surface area contributed by atoms with Crippen molar-refractivity contribution in [2.24, 2.45) is 0 Å². The van der Waals surface area contributed by atoms with E-state index in [9.17, 15) is 0 Å². The third-order valence-electron chi connectivity index (χ3n) is 7.56.